The standard InChI is InChI=1S/C20H25N5O2S/c1-6-27-20(26)17-13(3)16-18(21-10-14-9-7-8-12(2)22-14)23-15(11-25(4)5)24-19(16)28-17/h7-9H,6,10-11H2,1-5H3,(H,21,23,24). The second kappa shape index (κ2) is 8.62. The van der Waals surface area contributed by atoms with Gasteiger partial charge in [0.1, 0.15) is 21.3 Å². The lowest BCUT2D eigenvalue weighted by Gasteiger charge is -2.12. The lowest BCUT2D eigenvalue weighted by Crippen LogP contribution is -2.14. The summed E-state index contributed by atoms with van der Waals surface area (Å²) >= 11 is 1.35. The monoisotopic (exact) mass is 399 g/mol. The first kappa shape index (κ1) is 20.2. The molecule has 148 valence electrons. The molecule has 0 aromatic carbocycles. The van der Waals surface area contributed by atoms with Crippen LogP contribution in [0.2, 0.25) is 0 Å². The molecule has 0 bridgehead atoms. The summed E-state index contributed by atoms with van der Waals surface area (Å²) in [5.74, 6) is 1.10. The number of hydrogen-bond donors (Lipinski definition) is 1. The van der Waals surface area contributed by atoms with Gasteiger partial charge in [0, 0.05) is 5.69 Å². The van der Waals surface area contributed by atoms with E-state index in [2.05, 4.69) is 15.3 Å². The maximum absolute atomic E-state index is 12.3. The SMILES string of the molecule is CCOC(=O)c1sc2nc(CN(C)C)nc(NCc3cccc(C)n3)c2c1C. The minimum atomic E-state index is -0.316. The van der Waals surface area contributed by atoms with Crippen molar-refractivity contribution in [3.8, 4) is 0 Å². The number of rotatable bonds is 7. The Morgan fingerprint density at radius 2 is 2.00 bits per heavy atom. The molecule has 0 unspecified atom stereocenters. The first-order valence-electron chi connectivity index (χ1n) is 9.17. The summed E-state index contributed by atoms with van der Waals surface area (Å²) < 4.78 is 5.20. The maximum atomic E-state index is 12.3. The Morgan fingerprint density at radius 3 is 2.68 bits per heavy atom. The summed E-state index contributed by atoms with van der Waals surface area (Å²) in [6.07, 6.45) is 0. The van der Waals surface area contributed by atoms with Gasteiger partial charge in [-0.2, -0.15) is 0 Å². The van der Waals surface area contributed by atoms with Crippen molar-refractivity contribution in [2.75, 3.05) is 26.0 Å². The Balaban J connectivity index is 2.02. The summed E-state index contributed by atoms with van der Waals surface area (Å²) in [5.41, 5.74) is 2.74. The number of carbonyl (C=O) groups is 1. The fourth-order valence-electron chi connectivity index (χ4n) is 2.93. The zero-order chi connectivity index (χ0) is 20.3. The Morgan fingerprint density at radius 1 is 1.21 bits per heavy atom. The van der Waals surface area contributed by atoms with Gasteiger partial charge < -0.3 is 15.0 Å². The van der Waals surface area contributed by atoms with Crippen LogP contribution in [0.25, 0.3) is 10.2 Å². The quantitative estimate of drug-likeness (QED) is 0.609. The van der Waals surface area contributed by atoms with Gasteiger partial charge in [-0.1, -0.05) is 6.07 Å². The van der Waals surface area contributed by atoms with E-state index < -0.39 is 0 Å². The number of esters is 1. The number of ether oxygens (including phenoxy) is 1. The molecular weight excluding hydrogens is 374 g/mol. The average molecular weight is 400 g/mol. The van der Waals surface area contributed by atoms with Gasteiger partial charge in [0.05, 0.1) is 30.8 Å². The Labute approximate surface area is 168 Å². The van der Waals surface area contributed by atoms with Crippen molar-refractivity contribution in [1.82, 2.24) is 19.9 Å². The second-order valence-corrected chi connectivity index (χ2v) is 7.81. The minimum Gasteiger partial charge on any atom is -0.462 e. The van der Waals surface area contributed by atoms with Crippen molar-refractivity contribution >= 4 is 33.3 Å². The molecule has 0 aliphatic heterocycles. The van der Waals surface area contributed by atoms with Crippen molar-refractivity contribution in [3.05, 3.63) is 45.9 Å². The van der Waals surface area contributed by atoms with Gasteiger partial charge in [-0.05, 0) is 52.6 Å². The number of anilines is 1. The summed E-state index contributed by atoms with van der Waals surface area (Å²) in [6.45, 7) is 7.18. The van der Waals surface area contributed by atoms with Gasteiger partial charge in [-0.3, -0.25) is 4.98 Å². The highest BCUT2D eigenvalue weighted by Crippen LogP contribution is 2.34. The van der Waals surface area contributed by atoms with Crippen molar-refractivity contribution in [2.45, 2.75) is 33.9 Å². The highest BCUT2D eigenvalue weighted by molar-refractivity contribution is 7.20. The first-order chi connectivity index (χ1) is 13.4. The van der Waals surface area contributed by atoms with E-state index in [0.717, 1.165) is 33.0 Å². The third kappa shape index (κ3) is 4.45. The van der Waals surface area contributed by atoms with Crippen LogP contribution in [0.3, 0.4) is 0 Å². The second-order valence-electron chi connectivity index (χ2n) is 6.81. The summed E-state index contributed by atoms with van der Waals surface area (Å²) in [5, 5.41) is 4.26. The number of carbonyl (C=O) groups excluding carboxylic acids is 1. The van der Waals surface area contributed by atoms with Crippen LogP contribution in [0.15, 0.2) is 18.2 Å². The third-order valence-corrected chi connectivity index (χ3v) is 5.30. The van der Waals surface area contributed by atoms with Gasteiger partial charge >= 0.3 is 5.97 Å². The predicted octanol–water partition coefficient (Wildman–Crippen LogP) is 3.55. The molecule has 0 radical (unpaired) electrons. The molecule has 0 saturated heterocycles. The number of hydrogen-bond acceptors (Lipinski definition) is 8. The van der Waals surface area contributed by atoms with Crippen molar-refractivity contribution in [2.24, 2.45) is 0 Å². The lowest BCUT2D eigenvalue weighted by atomic mass is 10.2. The van der Waals surface area contributed by atoms with Crippen molar-refractivity contribution in [3.63, 3.8) is 0 Å². The Kier molecular flexibility index (Phi) is 6.21. The minimum absolute atomic E-state index is 0.316. The number of aryl methyl sites for hydroxylation is 2. The fourth-order valence-corrected chi connectivity index (χ4v) is 4.02. The Hall–Kier alpha value is -2.58. The van der Waals surface area contributed by atoms with Gasteiger partial charge in [0.25, 0.3) is 0 Å². The van der Waals surface area contributed by atoms with Crippen LogP contribution in [-0.2, 0) is 17.8 Å². The van der Waals surface area contributed by atoms with Gasteiger partial charge in [-0.15, -0.1) is 11.3 Å². The molecule has 0 fully saturated rings. The number of fused-ring (bicyclic) bond motifs is 1. The number of nitrogens with zero attached hydrogens (tertiary/aromatic N) is 4. The molecule has 0 spiro atoms. The summed E-state index contributed by atoms with van der Waals surface area (Å²) in [7, 11) is 3.95. The fraction of sp³-hybridized carbons (Fsp3) is 0.400. The van der Waals surface area contributed by atoms with Crippen LogP contribution in [0.5, 0.6) is 0 Å². The highest BCUT2D eigenvalue weighted by Gasteiger charge is 2.21. The normalized spacial score (nSPS) is 11.2. The maximum Gasteiger partial charge on any atom is 0.348 e. The largest absolute Gasteiger partial charge is 0.462 e. The predicted molar refractivity (Wildman–Crippen MR) is 112 cm³/mol. The molecule has 3 rings (SSSR count). The van der Waals surface area contributed by atoms with E-state index in [4.69, 9.17) is 9.72 Å². The molecule has 0 atom stereocenters. The van der Waals surface area contributed by atoms with Crippen LogP contribution in [0.4, 0.5) is 5.82 Å². The van der Waals surface area contributed by atoms with E-state index in [1.54, 1.807) is 6.92 Å². The van der Waals surface area contributed by atoms with Gasteiger partial charge in [0.15, 0.2) is 0 Å². The van der Waals surface area contributed by atoms with Gasteiger partial charge in [-0.25, -0.2) is 14.8 Å². The number of nitrogens with one attached hydrogen (secondary N) is 1. The van der Waals surface area contributed by atoms with E-state index in [1.807, 2.05) is 51.0 Å². The topological polar surface area (TPSA) is 80.2 Å². The van der Waals surface area contributed by atoms with Crippen LogP contribution in [0, 0.1) is 13.8 Å². The zero-order valence-corrected chi connectivity index (χ0v) is 17.7. The molecule has 0 aliphatic rings. The molecule has 7 nitrogen and oxygen atoms in total. The molecule has 1 N–H and O–H groups in total. The number of aromatic nitrogens is 3. The van der Waals surface area contributed by atoms with E-state index in [9.17, 15) is 4.79 Å². The van der Waals surface area contributed by atoms with Crippen LogP contribution in [0.1, 0.15) is 39.4 Å². The smallest absolute Gasteiger partial charge is 0.348 e. The molecule has 8 heteroatoms. The molecule has 0 amide bonds. The van der Waals surface area contributed by atoms with Crippen LogP contribution in [-0.4, -0.2) is 46.5 Å². The van der Waals surface area contributed by atoms with Crippen LogP contribution >= 0.6 is 11.3 Å². The molecule has 3 heterocycles. The van der Waals surface area contributed by atoms with E-state index >= 15 is 0 Å². The van der Waals surface area contributed by atoms with E-state index in [0.29, 0.717) is 30.4 Å². The Bertz CT molecular complexity index is 1000. The zero-order valence-electron chi connectivity index (χ0n) is 16.9. The molecular formula is C20H25N5O2S. The highest BCUT2D eigenvalue weighted by atomic mass is 32.1. The van der Waals surface area contributed by atoms with Crippen molar-refractivity contribution in [1.29, 1.82) is 0 Å². The molecule has 0 aliphatic carbocycles. The summed E-state index contributed by atoms with van der Waals surface area (Å²) in [4.78, 5) is 29.6. The van der Waals surface area contributed by atoms with Crippen molar-refractivity contribution < 1.29 is 9.53 Å². The van der Waals surface area contributed by atoms with E-state index in [-0.39, 0.29) is 5.97 Å². The van der Waals surface area contributed by atoms with Crippen LogP contribution < -0.4 is 5.32 Å². The average Bonchev–Trinajstić information content (AvgIpc) is 2.96. The van der Waals surface area contributed by atoms with Gasteiger partial charge in [0.2, 0.25) is 0 Å². The lowest BCUT2D eigenvalue weighted by molar-refractivity contribution is 0.0531. The molecule has 28 heavy (non-hydrogen) atoms. The summed E-state index contributed by atoms with van der Waals surface area (Å²) in [6, 6.07) is 5.93. The number of thiophene rings is 1. The number of pyridine rings is 1. The molecule has 0 saturated carbocycles. The molecule has 3 aromatic heterocycles. The van der Waals surface area contributed by atoms with E-state index in [1.165, 1.54) is 11.3 Å². The molecule has 3 aromatic rings. The third-order valence-electron chi connectivity index (χ3n) is 4.14. The first-order valence-corrected chi connectivity index (χ1v) is 9.99.